The van der Waals surface area contributed by atoms with Crippen molar-refractivity contribution in [2.75, 3.05) is 25.4 Å². The number of fused-ring (bicyclic) bond motifs is 5. The van der Waals surface area contributed by atoms with E-state index in [4.69, 9.17) is 0 Å². The molecule has 18 nitrogen and oxygen atoms in total. The first-order valence-corrected chi connectivity index (χ1v) is 20.9. The fraction of sp³-hybridized carbons (Fsp3) is 0.590. The fourth-order valence-electron chi connectivity index (χ4n) is 7.33. The van der Waals surface area contributed by atoms with Crippen molar-refractivity contribution in [3.63, 3.8) is 0 Å². The highest BCUT2D eigenvalue weighted by Gasteiger charge is 2.43. The first kappa shape index (κ1) is 43.9. The lowest BCUT2D eigenvalue weighted by atomic mass is 9.96. The van der Waals surface area contributed by atoms with E-state index < -0.39 is 109 Å². The largest absolute Gasteiger partial charge is 0.391 e. The zero-order valence-corrected chi connectivity index (χ0v) is 34.3. The average molecular weight is 826 g/mol. The molecule has 5 rings (SSSR count). The molecule has 316 valence electrons. The molecule has 8 amide bonds. The molecule has 1 saturated heterocycles. The summed E-state index contributed by atoms with van der Waals surface area (Å²) in [6.07, 6.45) is -0.241. The molecule has 19 heteroatoms. The van der Waals surface area contributed by atoms with Gasteiger partial charge in [0.1, 0.15) is 36.3 Å². The quantitative estimate of drug-likeness (QED) is 0.177. The van der Waals surface area contributed by atoms with E-state index in [0.717, 1.165) is 0 Å². The van der Waals surface area contributed by atoms with Crippen LogP contribution in [0.1, 0.15) is 65.9 Å². The molecule has 3 aliphatic heterocycles. The standard InChI is InChI=1S/C39H55N9O9S/c1-6-19(4)31-36(55)41-15-29(50)42-27-18-58-38-23(22-11-9-10-12-25(22)45-38)14-26(33(52)40-16-30(51)46-31)44-37(56)32(20(5)7-2)47-35(54)28-13-21(49)17-48(28)39(57)24(8-3)43-34(27)53/h9-12,19-21,24,26-28,31-32,45,49H,6-8,13-18H2,1-5H3,(H,40,52)(H,41,55)(H,42,50)(H,43,53)(H,44,56)(H,46,51)(H,47,54)/t19-,20-,21+,24-,26?,27-,28-,31-,32-/m0/s1. The van der Waals surface area contributed by atoms with Crippen LogP contribution < -0.4 is 37.2 Å². The second kappa shape index (κ2) is 19.5. The zero-order valence-electron chi connectivity index (χ0n) is 33.4. The van der Waals surface area contributed by atoms with Crippen LogP contribution in [0.3, 0.4) is 0 Å². The van der Waals surface area contributed by atoms with E-state index >= 15 is 0 Å². The Hall–Kier alpha value is -5.17. The number of rotatable bonds is 5. The number of carbonyl (C=O) groups excluding carboxylic acids is 8. The number of aliphatic hydroxyl groups is 1. The summed E-state index contributed by atoms with van der Waals surface area (Å²) in [5.74, 6) is -6.40. The second-order valence-corrected chi connectivity index (χ2v) is 16.3. The van der Waals surface area contributed by atoms with E-state index in [2.05, 4.69) is 42.2 Å². The molecule has 4 heterocycles. The highest BCUT2D eigenvalue weighted by atomic mass is 32.2. The number of amides is 8. The normalized spacial score (nSPS) is 28.4. The van der Waals surface area contributed by atoms with Gasteiger partial charge in [0.15, 0.2) is 0 Å². The number of H-pyrrole nitrogens is 1. The topological polar surface area (TPSA) is 260 Å². The third kappa shape index (κ3) is 10.3. The van der Waals surface area contributed by atoms with Gasteiger partial charge < -0.3 is 52.2 Å². The number of aromatic amines is 1. The molecule has 1 fully saturated rings. The smallest absolute Gasteiger partial charge is 0.245 e. The minimum atomic E-state index is -1.30. The van der Waals surface area contributed by atoms with E-state index in [1.165, 1.54) is 16.7 Å². The number of thioether (sulfide) groups is 1. The first-order chi connectivity index (χ1) is 27.6. The van der Waals surface area contributed by atoms with Gasteiger partial charge in [-0.3, -0.25) is 38.4 Å². The summed E-state index contributed by atoms with van der Waals surface area (Å²) >= 11 is 1.17. The number of nitrogens with one attached hydrogen (secondary N) is 8. The summed E-state index contributed by atoms with van der Waals surface area (Å²) in [5.41, 5.74) is 1.29. The molecule has 2 aromatic rings. The Morgan fingerprint density at radius 1 is 0.741 bits per heavy atom. The zero-order chi connectivity index (χ0) is 42.3. The Balaban J connectivity index is 1.65. The number of benzene rings is 1. The van der Waals surface area contributed by atoms with Gasteiger partial charge in [0.05, 0.1) is 24.2 Å². The van der Waals surface area contributed by atoms with Crippen LogP contribution in [0, 0.1) is 11.8 Å². The maximum atomic E-state index is 14.3. The number of carbonyl (C=O) groups is 8. The minimum Gasteiger partial charge on any atom is -0.391 e. The first-order valence-electron chi connectivity index (χ1n) is 19.9. The molecule has 9 N–H and O–H groups in total. The van der Waals surface area contributed by atoms with Crippen LogP contribution in [0.15, 0.2) is 29.3 Å². The molecular weight excluding hydrogens is 771 g/mol. The molecule has 0 saturated carbocycles. The highest BCUT2D eigenvalue weighted by molar-refractivity contribution is 7.99. The SMILES string of the molecule is CC[C@@H]1NC(=O)[C@@H]2CSc3[nH]c4ccccc4c3CC(NC(=O)[C@H]([C@@H](C)CC)NC(=O)[C@@H]3C[C@@H](O)CN3C1=O)C(=O)NCC(=O)N[C@@H]([C@@H](C)CC)C(=O)NCC(=O)N2. The van der Waals surface area contributed by atoms with Gasteiger partial charge in [-0.25, -0.2) is 0 Å². The molecule has 1 aromatic heterocycles. The molecule has 1 aromatic carbocycles. The summed E-state index contributed by atoms with van der Waals surface area (Å²) in [5, 5.41) is 30.7. The summed E-state index contributed by atoms with van der Waals surface area (Å²) in [7, 11) is 0. The van der Waals surface area contributed by atoms with Crippen molar-refractivity contribution in [2.45, 2.75) is 114 Å². The van der Waals surface area contributed by atoms with Crippen LogP contribution in [0.4, 0.5) is 0 Å². The van der Waals surface area contributed by atoms with Crippen molar-refractivity contribution in [3.05, 3.63) is 29.8 Å². The molecular formula is C39H55N9O9S. The van der Waals surface area contributed by atoms with Gasteiger partial charge in [-0.05, 0) is 29.9 Å². The van der Waals surface area contributed by atoms with Crippen molar-refractivity contribution in [3.8, 4) is 0 Å². The number of aromatic nitrogens is 1. The lowest BCUT2D eigenvalue weighted by molar-refractivity contribution is -0.143. The third-order valence-corrected chi connectivity index (χ3v) is 12.3. The number of nitrogens with zero attached hydrogens (tertiary/aromatic N) is 1. The van der Waals surface area contributed by atoms with Crippen molar-refractivity contribution in [2.24, 2.45) is 11.8 Å². The van der Waals surface area contributed by atoms with Crippen molar-refractivity contribution >= 4 is 69.9 Å². The Labute approximate surface area is 340 Å². The van der Waals surface area contributed by atoms with Gasteiger partial charge >= 0.3 is 0 Å². The molecule has 1 unspecified atom stereocenters. The molecule has 0 spiro atoms. The van der Waals surface area contributed by atoms with Gasteiger partial charge in [-0.2, -0.15) is 0 Å². The van der Waals surface area contributed by atoms with Crippen LogP contribution in [0.25, 0.3) is 10.9 Å². The molecule has 0 radical (unpaired) electrons. The summed E-state index contributed by atoms with van der Waals surface area (Å²) in [6, 6.07) is 0.121. The Morgan fingerprint density at radius 3 is 2.05 bits per heavy atom. The summed E-state index contributed by atoms with van der Waals surface area (Å²) in [4.78, 5) is 115. The summed E-state index contributed by atoms with van der Waals surface area (Å²) in [6.45, 7) is 7.55. The van der Waals surface area contributed by atoms with Gasteiger partial charge in [-0.15, -0.1) is 11.8 Å². The predicted molar refractivity (Wildman–Crippen MR) is 214 cm³/mol. The second-order valence-electron chi connectivity index (χ2n) is 15.3. The maximum absolute atomic E-state index is 14.3. The minimum absolute atomic E-state index is 0.0751. The van der Waals surface area contributed by atoms with E-state index in [9.17, 15) is 43.5 Å². The van der Waals surface area contributed by atoms with Crippen molar-refractivity contribution < 1.29 is 43.5 Å². The van der Waals surface area contributed by atoms with Gasteiger partial charge in [0.25, 0.3) is 0 Å². The number of hydrogen-bond donors (Lipinski definition) is 9. The number of aliphatic hydroxyl groups excluding tert-OH is 1. The van der Waals surface area contributed by atoms with Gasteiger partial charge in [-0.1, -0.05) is 65.7 Å². The van der Waals surface area contributed by atoms with Crippen molar-refractivity contribution in [1.29, 1.82) is 0 Å². The van der Waals surface area contributed by atoms with Crippen molar-refractivity contribution in [1.82, 2.24) is 47.1 Å². The van der Waals surface area contributed by atoms with E-state index in [-0.39, 0.29) is 37.5 Å². The van der Waals surface area contributed by atoms with Crippen LogP contribution in [0.2, 0.25) is 0 Å². The van der Waals surface area contributed by atoms with Crippen LogP contribution in [-0.4, -0.2) is 130 Å². The maximum Gasteiger partial charge on any atom is 0.245 e. The fourth-order valence-corrected chi connectivity index (χ4v) is 8.45. The highest BCUT2D eigenvalue weighted by Crippen LogP contribution is 2.32. The third-order valence-electron chi connectivity index (χ3n) is 11.2. The number of hydrogen-bond acceptors (Lipinski definition) is 10. The Kier molecular flexibility index (Phi) is 14.8. The molecule has 9 atom stereocenters. The van der Waals surface area contributed by atoms with Crippen LogP contribution in [-0.2, 0) is 44.8 Å². The average Bonchev–Trinajstić information content (AvgIpc) is 3.78. The van der Waals surface area contributed by atoms with E-state index in [0.29, 0.717) is 34.3 Å². The Bertz CT molecular complexity index is 1910. The lowest BCUT2D eigenvalue weighted by Gasteiger charge is -2.32. The monoisotopic (exact) mass is 825 g/mol. The summed E-state index contributed by atoms with van der Waals surface area (Å²) < 4.78 is 0. The lowest BCUT2D eigenvalue weighted by Crippen LogP contribution is -2.61. The predicted octanol–water partition coefficient (Wildman–Crippen LogP) is -1.05. The van der Waals surface area contributed by atoms with Gasteiger partial charge in [0, 0.05) is 36.0 Å². The van der Waals surface area contributed by atoms with Crippen LogP contribution >= 0.6 is 11.8 Å². The number of para-hydroxylation sites is 1. The molecule has 58 heavy (non-hydrogen) atoms. The van der Waals surface area contributed by atoms with Crippen LogP contribution in [0.5, 0.6) is 0 Å². The van der Waals surface area contributed by atoms with Gasteiger partial charge in [0.2, 0.25) is 47.3 Å². The Morgan fingerprint density at radius 2 is 1.38 bits per heavy atom. The molecule has 0 aliphatic carbocycles. The van der Waals surface area contributed by atoms with E-state index in [1.807, 2.05) is 32.0 Å². The molecule has 2 bridgehead atoms. The molecule has 3 aliphatic rings. The van der Waals surface area contributed by atoms with E-state index in [1.54, 1.807) is 26.8 Å².